The topological polar surface area (TPSA) is 38.0 Å². The molecule has 0 aliphatic rings. The Morgan fingerprint density at radius 2 is 1.67 bits per heavy atom. The Bertz CT molecular complexity index is 310. The Morgan fingerprint density at radius 1 is 1.13 bits per heavy atom. The van der Waals surface area contributed by atoms with Gasteiger partial charge in [-0.3, -0.25) is 11.3 Å². The summed E-state index contributed by atoms with van der Waals surface area (Å²) in [6, 6.07) is 1.36. The van der Waals surface area contributed by atoms with Gasteiger partial charge in [-0.05, 0) is 24.1 Å². The lowest BCUT2D eigenvalue weighted by Gasteiger charge is -2.14. The molecule has 6 heteroatoms. The predicted octanol–water partition coefficient (Wildman–Crippen LogP) is 1.60. The Morgan fingerprint density at radius 3 is 2.07 bits per heavy atom. The van der Waals surface area contributed by atoms with E-state index in [1.807, 2.05) is 5.43 Å². The number of alkyl halides is 2. The molecule has 1 aromatic carbocycles. The minimum absolute atomic E-state index is 0.135. The number of nitrogens with one attached hydrogen (secondary N) is 1. The Labute approximate surface area is 84.0 Å². The molecule has 0 heterocycles. The van der Waals surface area contributed by atoms with Gasteiger partial charge in [0.1, 0.15) is 11.6 Å². The first-order valence-electron chi connectivity index (χ1n) is 4.22. The second-order valence-electron chi connectivity index (χ2n) is 3.09. The van der Waals surface area contributed by atoms with Gasteiger partial charge in [-0.25, -0.2) is 17.6 Å². The van der Waals surface area contributed by atoms with Gasteiger partial charge in [-0.1, -0.05) is 0 Å². The van der Waals surface area contributed by atoms with Crippen molar-refractivity contribution in [2.45, 2.75) is 18.9 Å². The lowest BCUT2D eigenvalue weighted by molar-refractivity contribution is 0.0983. The molecule has 0 amide bonds. The molecule has 1 unspecified atom stereocenters. The molecule has 0 aromatic heterocycles. The van der Waals surface area contributed by atoms with E-state index in [1.54, 1.807) is 0 Å². The van der Waals surface area contributed by atoms with E-state index in [1.165, 1.54) is 0 Å². The zero-order valence-electron chi connectivity index (χ0n) is 7.68. The fourth-order valence-corrected chi connectivity index (χ4v) is 1.20. The zero-order chi connectivity index (χ0) is 11.4. The molecule has 1 aromatic rings. The van der Waals surface area contributed by atoms with Gasteiger partial charge in [0.05, 0.1) is 6.04 Å². The van der Waals surface area contributed by atoms with Crippen LogP contribution in [0.5, 0.6) is 0 Å². The summed E-state index contributed by atoms with van der Waals surface area (Å²) in [5.41, 5.74) is 2.03. The standard InChI is InChI=1S/C9H10F4N2/c10-6-1-5(2-7(11)4-6)3-8(15-14)9(12)13/h1-2,4,8-9,15H,3,14H2. The largest absolute Gasteiger partial charge is 0.271 e. The highest BCUT2D eigenvalue weighted by atomic mass is 19.3. The summed E-state index contributed by atoms with van der Waals surface area (Å²) in [5.74, 6) is 3.29. The van der Waals surface area contributed by atoms with Gasteiger partial charge in [-0.15, -0.1) is 0 Å². The molecule has 1 rings (SSSR count). The fraction of sp³-hybridized carbons (Fsp3) is 0.333. The van der Waals surface area contributed by atoms with E-state index in [0.717, 1.165) is 12.1 Å². The molecule has 1 atom stereocenters. The maximum Gasteiger partial charge on any atom is 0.255 e. The van der Waals surface area contributed by atoms with E-state index < -0.39 is 24.1 Å². The second kappa shape index (κ2) is 5.09. The van der Waals surface area contributed by atoms with Crippen LogP contribution >= 0.6 is 0 Å². The highest BCUT2D eigenvalue weighted by Crippen LogP contribution is 2.12. The quantitative estimate of drug-likeness (QED) is 0.461. The van der Waals surface area contributed by atoms with Gasteiger partial charge >= 0.3 is 0 Å². The van der Waals surface area contributed by atoms with Gasteiger partial charge in [0.15, 0.2) is 0 Å². The Hall–Kier alpha value is -1.14. The number of hydrogen-bond donors (Lipinski definition) is 2. The number of halogens is 4. The maximum atomic E-state index is 12.7. The lowest BCUT2D eigenvalue weighted by atomic mass is 10.1. The molecule has 84 valence electrons. The van der Waals surface area contributed by atoms with E-state index in [0.29, 0.717) is 6.07 Å². The van der Waals surface area contributed by atoms with Crippen molar-refractivity contribution >= 4 is 0 Å². The summed E-state index contributed by atoms with van der Waals surface area (Å²) in [4.78, 5) is 0. The third kappa shape index (κ3) is 3.49. The van der Waals surface area contributed by atoms with E-state index in [4.69, 9.17) is 5.84 Å². The molecule has 0 aliphatic heterocycles. The highest BCUT2D eigenvalue weighted by molar-refractivity contribution is 5.19. The molecule has 0 bridgehead atoms. The van der Waals surface area contributed by atoms with Crippen LogP contribution in [0.25, 0.3) is 0 Å². The molecule has 2 nitrogen and oxygen atoms in total. The van der Waals surface area contributed by atoms with Crippen LogP contribution in [0.1, 0.15) is 5.56 Å². The summed E-state index contributed by atoms with van der Waals surface area (Å²) in [7, 11) is 0. The first kappa shape index (κ1) is 11.9. The van der Waals surface area contributed by atoms with Crippen molar-refractivity contribution in [1.82, 2.24) is 5.43 Å². The van der Waals surface area contributed by atoms with Crippen molar-refractivity contribution in [3.8, 4) is 0 Å². The van der Waals surface area contributed by atoms with Gasteiger partial charge in [0.25, 0.3) is 6.43 Å². The molecule has 0 aliphatic carbocycles. The van der Waals surface area contributed by atoms with Gasteiger partial charge in [0.2, 0.25) is 0 Å². The highest BCUT2D eigenvalue weighted by Gasteiger charge is 2.19. The van der Waals surface area contributed by atoms with Crippen molar-refractivity contribution < 1.29 is 17.6 Å². The second-order valence-corrected chi connectivity index (χ2v) is 3.09. The van der Waals surface area contributed by atoms with E-state index in [9.17, 15) is 17.6 Å². The molecule has 0 saturated carbocycles. The first-order valence-corrected chi connectivity index (χ1v) is 4.22. The van der Waals surface area contributed by atoms with Gasteiger partial charge in [-0.2, -0.15) is 0 Å². The summed E-state index contributed by atoms with van der Waals surface area (Å²) in [5, 5.41) is 0. The number of rotatable bonds is 4. The van der Waals surface area contributed by atoms with Crippen LogP contribution in [0.4, 0.5) is 17.6 Å². The normalized spacial score (nSPS) is 13.2. The fourth-order valence-electron chi connectivity index (χ4n) is 1.20. The Kier molecular flexibility index (Phi) is 4.05. The van der Waals surface area contributed by atoms with Crippen LogP contribution in [-0.4, -0.2) is 12.5 Å². The molecule has 0 spiro atoms. The van der Waals surface area contributed by atoms with Crippen molar-refractivity contribution in [2.24, 2.45) is 5.84 Å². The Balaban J connectivity index is 2.79. The predicted molar refractivity (Wildman–Crippen MR) is 47.2 cm³/mol. The van der Waals surface area contributed by atoms with Crippen LogP contribution in [0.3, 0.4) is 0 Å². The molecule has 0 saturated heterocycles. The van der Waals surface area contributed by atoms with Crippen molar-refractivity contribution in [3.05, 3.63) is 35.4 Å². The summed E-state index contributed by atoms with van der Waals surface area (Å²) in [6.07, 6.45) is -2.93. The molecule has 3 N–H and O–H groups in total. The molecule has 0 fully saturated rings. The van der Waals surface area contributed by atoms with Crippen molar-refractivity contribution in [3.63, 3.8) is 0 Å². The average molecular weight is 222 g/mol. The summed E-state index contributed by atoms with van der Waals surface area (Å²) in [6.45, 7) is 0. The van der Waals surface area contributed by atoms with Gasteiger partial charge < -0.3 is 0 Å². The third-order valence-electron chi connectivity index (χ3n) is 1.90. The van der Waals surface area contributed by atoms with E-state index in [2.05, 4.69) is 0 Å². The number of benzene rings is 1. The zero-order valence-corrected chi connectivity index (χ0v) is 7.68. The molecule has 15 heavy (non-hydrogen) atoms. The van der Waals surface area contributed by atoms with Crippen molar-refractivity contribution in [2.75, 3.05) is 0 Å². The maximum absolute atomic E-state index is 12.7. The van der Waals surface area contributed by atoms with Gasteiger partial charge in [0, 0.05) is 6.07 Å². The van der Waals surface area contributed by atoms with E-state index in [-0.39, 0.29) is 12.0 Å². The van der Waals surface area contributed by atoms with Crippen LogP contribution in [0.2, 0.25) is 0 Å². The minimum atomic E-state index is -2.69. The smallest absolute Gasteiger partial charge is 0.255 e. The number of hydrazine groups is 1. The lowest BCUT2D eigenvalue weighted by Crippen LogP contribution is -2.42. The van der Waals surface area contributed by atoms with E-state index >= 15 is 0 Å². The number of nitrogens with two attached hydrogens (primary N) is 1. The van der Waals surface area contributed by atoms with Crippen LogP contribution < -0.4 is 11.3 Å². The van der Waals surface area contributed by atoms with Crippen molar-refractivity contribution in [1.29, 1.82) is 0 Å². The molecule has 0 radical (unpaired) electrons. The average Bonchev–Trinajstić information content (AvgIpc) is 2.12. The monoisotopic (exact) mass is 222 g/mol. The van der Waals surface area contributed by atoms with Crippen LogP contribution in [0, 0.1) is 11.6 Å². The summed E-state index contributed by atoms with van der Waals surface area (Å²) >= 11 is 0. The SMILES string of the molecule is NNC(Cc1cc(F)cc(F)c1)C(F)F. The minimum Gasteiger partial charge on any atom is -0.271 e. The van der Waals surface area contributed by atoms with Crippen LogP contribution in [0.15, 0.2) is 18.2 Å². The first-order chi connectivity index (χ1) is 7.02. The number of hydrogen-bond acceptors (Lipinski definition) is 2. The molecular weight excluding hydrogens is 212 g/mol. The summed E-state index contributed by atoms with van der Waals surface area (Å²) < 4.78 is 49.9. The van der Waals surface area contributed by atoms with Crippen LogP contribution in [-0.2, 0) is 6.42 Å². The molecular formula is C9H10F4N2. The third-order valence-corrected chi connectivity index (χ3v) is 1.90.